The maximum atomic E-state index is 12.3. The molecule has 0 spiro atoms. The summed E-state index contributed by atoms with van der Waals surface area (Å²) >= 11 is 0. The van der Waals surface area contributed by atoms with E-state index in [9.17, 15) is 14.7 Å². The van der Waals surface area contributed by atoms with Gasteiger partial charge in [-0.25, -0.2) is 0 Å². The molecule has 0 fully saturated rings. The van der Waals surface area contributed by atoms with Crippen molar-refractivity contribution in [3.05, 3.63) is 0 Å². The first-order valence-corrected chi connectivity index (χ1v) is 8.20. The third-order valence-electron chi connectivity index (χ3n) is 3.51. The Morgan fingerprint density at radius 2 is 2.13 bits per heavy atom. The van der Waals surface area contributed by atoms with Crippen LogP contribution in [-0.2, 0) is 14.3 Å². The van der Waals surface area contributed by atoms with Gasteiger partial charge < -0.3 is 15.2 Å². The van der Waals surface area contributed by atoms with E-state index in [4.69, 9.17) is 4.74 Å². The molecule has 1 aliphatic heterocycles. The summed E-state index contributed by atoms with van der Waals surface area (Å²) in [6.45, 7) is 8.75. The SMILES string of the molecule is CCCC1=NN(C(C)=O)C(C(=O)NC(C)CCCC(C)(C)O)O1. The van der Waals surface area contributed by atoms with Crippen molar-refractivity contribution in [1.29, 1.82) is 0 Å². The third-order valence-corrected chi connectivity index (χ3v) is 3.51. The molecule has 0 aromatic rings. The van der Waals surface area contributed by atoms with Crippen LogP contribution in [0.1, 0.15) is 66.7 Å². The normalized spacial score (nSPS) is 19.1. The highest BCUT2D eigenvalue weighted by Gasteiger charge is 2.36. The average molecular weight is 327 g/mol. The van der Waals surface area contributed by atoms with Crippen molar-refractivity contribution in [2.75, 3.05) is 0 Å². The molecular weight excluding hydrogens is 298 g/mol. The molecule has 7 nitrogen and oxygen atoms in total. The number of carbonyl (C=O) groups excluding carboxylic acids is 2. The molecule has 0 aliphatic carbocycles. The molecule has 1 heterocycles. The second kappa shape index (κ2) is 8.29. The molecule has 0 aromatic carbocycles. The maximum Gasteiger partial charge on any atom is 0.284 e. The number of nitrogens with zero attached hydrogens (tertiary/aromatic N) is 2. The minimum Gasteiger partial charge on any atom is -0.444 e. The van der Waals surface area contributed by atoms with Crippen LogP contribution in [0, 0.1) is 0 Å². The molecule has 0 radical (unpaired) electrons. The number of carbonyl (C=O) groups is 2. The van der Waals surface area contributed by atoms with Crippen LogP contribution in [0.2, 0.25) is 0 Å². The predicted octanol–water partition coefficient (Wildman–Crippen LogP) is 1.75. The number of nitrogens with one attached hydrogen (secondary N) is 1. The van der Waals surface area contributed by atoms with E-state index in [2.05, 4.69) is 10.4 Å². The molecule has 132 valence electrons. The second-order valence-electron chi connectivity index (χ2n) is 6.69. The lowest BCUT2D eigenvalue weighted by molar-refractivity contribution is -0.147. The van der Waals surface area contributed by atoms with Gasteiger partial charge in [0.2, 0.25) is 11.8 Å². The van der Waals surface area contributed by atoms with Crippen molar-refractivity contribution in [3.63, 3.8) is 0 Å². The summed E-state index contributed by atoms with van der Waals surface area (Å²) in [6.07, 6.45) is 2.60. The van der Waals surface area contributed by atoms with Gasteiger partial charge in [-0.15, -0.1) is 5.10 Å². The molecule has 2 N–H and O–H groups in total. The summed E-state index contributed by atoms with van der Waals surface area (Å²) in [5.41, 5.74) is -0.702. The van der Waals surface area contributed by atoms with E-state index in [1.54, 1.807) is 13.8 Å². The van der Waals surface area contributed by atoms with Crippen molar-refractivity contribution in [3.8, 4) is 0 Å². The van der Waals surface area contributed by atoms with Gasteiger partial charge in [0.15, 0.2) is 0 Å². The number of hydrogen-bond acceptors (Lipinski definition) is 5. The van der Waals surface area contributed by atoms with Gasteiger partial charge in [-0.3, -0.25) is 9.59 Å². The highest BCUT2D eigenvalue weighted by atomic mass is 16.5. The van der Waals surface area contributed by atoms with Crippen LogP contribution in [0.3, 0.4) is 0 Å². The topological polar surface area (TPSA) is 91.2 Å². The Morgan fingerprint density at radius 3 is 2.65 bits per heavy atom. The maximum absolute atomic E-state index is 12.3. The highest BCUT2D eigenvalue weighted by Crippen LogP contribution is 2.17. The van der Waals surface area contributed by atoms with Crippen LogP contribution >= 0.6 is 0 Å². The number of aliphatic hydroxyl groups is 1. The number of hydrogen-bond donors (Lipinski definition) is 2. The van der Waals surface area contributed by atoms with E-state index >= 15 is 0 Å². The Kier molecular flexibility index (Phi) is 7.00. The molecule has 1 aliphatic rings. The van der Waals surface area contributed by atoms with Crippen molar-refractivity contribution >= 4 is 17.7 Å². The van der Waals surface area contributed by atoms with Gasteiger partial charge >= 0.3 is 0 Å². The lowest BCUT2D eigenvalue weighted by Crippen LogP contribution is -2.48. The van der Waals surface area contributed by atoms with Crippen molar-refractivity contribution in [1.82, 2.24) is 10.3 Å². The van der Waals surface area contributed by atoms with Gasteiger partial charge in [0.25, 0.3) is 12.1 Å². The van der Waals surface area contributed by atoms with Crippen LogP contribution in [-0.4, -0.2) is 45.7 Å². The fourth-order valence-corrected chi connectivity index (χ4v) is 2.33. The smallest absolute Gasteiger partial charge is 0.284 e. The van der Waals surface area contributed by atoms with Crippen LogP contribution in [0.4, 0.5) is 0 Å². The first-order chi connectivity index (χ1) is 10.6. The number of amides is 2. The van der Waals surface area contributed by atoms with Gasteiger partial charge in [0.1, 0.15) is 0 Å². The minimum atomic E-state index is -1.02. The lowest BCUT2D eigenvalue weighted by atomic mass is 10.00. The summed E-state index contributed by atoms with van der Waals surface area (Å²) in [5, 5.41) is 17.7. The Morgan fingerprint density at radius 1 is 1.48 bits per heavy atom. The quantitative estimate of drug-likeness (QED) is 0.710. The van der Waals surface area contributed by atoms with E-state index in [1.165, 1.54) is 6.92 Å². The van der Waals surface area contributed by atoms with E-state index in [0.29, 0.717) is 18.7 Å². The fraction of sp³-hybridized carbons (Fsp3) is 0.812. The van der Waals surface area contributed by atoms with Crippen molar-refractivity contribution in [2.45, 2.75) is 84.6 Å². The zero-order chi connectivity index (χ0) is 17.6. The number of ether oxygens (including phenoxy) is 1. The van der Waals surface area contributed by atoms with Gasteiger partial charge in [-0.05, 0) is 46.5 Å². The molecule has 1 rings (SSSR count). The summed E-state index contributed by atoms with van der Waals surface area (Å²) < 4.78 is 5.50. The zero-order valence-electron chi connectivity index (χ0n) is 14.8. The van der Waals surface area contributed by atoms with Gasteiger partial charge in [0.05, 0.1) is 5.60 Å². The standard InChI is InChI=1S/C16H29N3O4/c1-6-8-13-18-19(12(3)20)15(23-13)14(21)17-11(2)9-7-10-16(4,5)22/h11,15,22H,6-10H2,1-5H3,(H,17,21). The molecule has 0 bridgehead atoms. The summed E-state index contributed by atoms with van der Waals surface area (Å²) in [5.74, 6) is -0.283. The van der Waals surface area contributed by atoms with Crippen LogP contribution in [0.15, 0.2) is 5.10 Å². The summed E-state index contributed by atoms with van der Waals surface area (Å²) in [7, 11) is 0. The zero-order valence-corrected chi connectivity index (χ0v) is 14.8. The number of hydrazone groups is 1. The average Bonchev–Trinajstić information content (AvgIpc) is 2.81. The lowest BCUT2D eigenvalue weighted by Gasteiger charge is -2.22. The number of rotatable bonds is 8. The Hall–Kier alpha value is -1.63. The predicted molar refractivity (Wildman–Crippen MR) is 87.5 cm³/mol. The Labute approximate surface area is 138 Å². The van der Waals surface area contributed by atoms with E-state index in [1.807, 2.05) is 13.8 Å². The van der Waals surface area contributed by atoms with Crippen LogP contribution in [0.25, 0.3) is 0 Å². The molecule has 2 unspecified atom stereocenters. The van der Waals surface area contributed by atoms with E-state index in [0.717, 1.165) is 24.3 Å². The molecule has 0 saturated heterocycles. The first-order valence-electron chi connectivity index (χ1n) is 8.20. The molecule has 0 saturated carbocycles. The van der Waals surface area contributed by atoms with Gasteiger partial charge in [-0.2, -0.15) is 5.01 Å². The molecular formula is C16H29N3O4. The first kappa shape index (κ1) is 19.4. The van der Waals surface area contributed by atoms with Crippen molar-refractivity contribution < 1.29 is 19.4 Å². The van der Waals surface area contributed by atoms with Crippen LogP contribution < -0.4 is 5.32 Å². The van der Waals surface area contributed by atoms with E-state index < -0.39 is 11.8 Å². The Balaban J connectivity index is 2.51. The monoisotopic (exact) mass is 327 g/mol. The molecule has 2 atom stereocenters. The fourth-order valence-electron chi connectivity index (χ4n) is 2.33. The molecule has 23 heavy (non-hydrogen) atoms. The minimum absolute atomic E-state index is 0.0718. The largest absolute Gasteiger partial charge is 0.444 e. The van der Waals surface area contributed by atoms with Crippen LogP contribution in [0.5, 0.6) is 0 Å². The highest BCUT2D eigenvalue weighted by molar-refractivity contribution is 5.91. The van der Waals surface area contributed by atoms with Gasteiger partial charge in [-0.1, -0.05) is 6.92 Å². The summed E-state index contributed by atoms with van der Waals surface area (Å²) in [6, 6.07) is -0.0718. The van der Waals surface area contributed by atoms with E-state index in [-0.39, 0.29) is 17.9 Å². The molecule has 2 amide bonds. The molecule has 0 aromatic heterocycles. The van der Waals surface area contributed by atoms with Gasteiger partial charge in [0, 0.05) is 19.4 Å². The second-order valence-corrected chi connectivity index (χ2v) is 6.69. The Bertz CT molecular complexity index is 457. The van der Waals surface area contributed by atoms with Crippen molar-refractivity contribution in [2.24, 2.45) is 5.10 Å². The molecule has 7 heteroatoms. The third kappa shape index (κ3) is 6.56. The summed E-state index contributed by atoms with van der Waals surface area (Å²) in [4.78, 5) is 23.9.